The summed E-state index contributed by atoms with van der Waals surface area (Å²) in [5, 5.41) is 44.6. The Morgan fingerprint density at radius 1 is 0.319 bits per heavy atom. The molecule has 0 bridgehead atoms. The lowest BCUT2D eigenvalue weighted by Gasteiger charge is -2.45. The number of hydrogen-bond donors (Lipinski definition) is 14. The van der Waals surface area contributed by atoms with E-state index in [0.717, 1.165) is 107 Å². The Kier molecular flexibility index (Phi) is 58.6. The van der Waals surface area contributed by atoms with Crippen molar-refractivity contribution in [2.45, 2.75) is 415 Å². The van der Waals surface area contributed by atoms with E-state index >= 15 is 0 Å². The fourth-order valence-corrected chi connectivity index (χ4v) is 23.5. The van der Waals surface area contributed by atoms with Crippen LogP contribution in [0.3, 0.4) is 0 Å². The second-order valence-corrected chi connectivity index (χ2v) is 57.9. The van der Waals surface area contributed by atoms with Gasteiger partial charge in [-0.2, -0.15) is 13.2 Å². The highest BCUT2D eigenvalue weighted by molar-refractivity contribution is 5.08. The van der Waals surface area contributed by atoms with Crippen LogP contribution in [0.5, 0.6) is 0 Å². The van der Waals surface area contributed by atoms with Gasteiger partial charge in [0.2, 0.25) is 0 Å². The van der Waals surface area contributed by atoms with Gasteiger partial charge in [-0.25, -0.2) is 30.7 Å². The molecule has 15 nitrogen and oxygen atoms in total. The van der Waals surface area contributed by atoms with Gasteiger partial charge in [-0.1, -0.05) is 277 Å². The summed E-state index contributed by atoms with van der Waals surface area (Å²) >= 11 is 0. The highest BCUT2D eigenvalue weighted by Crippen LogP contribution is 2.58. The van der Waals surface area contributed by atoms with Crippen molar-refractivity contribution in [3.05, 3.63) is 0 Å². The molecule has 1 saturated carbocycles. The highest BCUT2D eigenvalue weighted by atomic mass is 19.4. The Morgan fingerprint density at radius 2 is 0.750 bits per heavy atom. The van der Waals surface area contributed by atoms with Gasteiger partial charge in [0.05, 0.1) is 24.7 Å². The van der Waals surface area contributed by atoms with Crippen molar-refractivity contribution in [2.75, 3.05) is 190 Å². The number of piperidine rings is 7. The first kappa shape index (κ1) is 139. The van der Waals surface area contributed by atoms with Crippen LogP contribution in [0.4, 0.5) is 43.9 Å². The number of alkyl halides is 10. The van der Waals surface area contributed by atoms with Crippen LogP contribution in [0.15, 0.2) is 0 Å². The molecule has 15 atom stereocenters. The topological polar surface area (TPSA) is 178 Å². The lowest BCUT2D eigenvalue weighted by Crippen LogP contribution is -2.50. The molecule has 0 aromatic carbocycles. The fourth-order valence-electron chi connectivity index (χ4n) is 23.5. The third-order valence-corrected chi connectivity index (χ3v) is 37.0. The normalized spacial score (nSPS) is 32.1. The number of fused-ring (bicyclic) bond motifs is 1. The largest absolute Gasteiger partial charge is 0.396 e. The van der Waals surface area contributed by atoms with E-state index in [-0.39, 0.29) is 70.8 Å². The first-order chi connectivity index (χ1) is 65.7. The predicted octanol–water partition coefficient (Wildman–Crippen LogP) is 25.2. The molecule has 15 rings (SSSR count). The van der Waals surface area contributed by atoms with Gasteiger partial charge in [0.15, 0.2) is 0 Å². The van der Waals surface area contributed by atoms with E-state index in [0.29, 0.717) is 120 Å². The average Bonchev–Trinajstić information content (AvgIpc) is 1.57. The third kappa shape index (κ3) is 47.0. The van der Waals surface area contributed by atoms with Gasteiger partial charge in [-0.3, -0.25) is 0 Å². The van der Waals surface area contributed by atoms with Crippen molar-refractivity contribution in [3.63, 3.8) is 0 Å². The van der Waals surface area contributed by atoms with Gasteiger partial charge in [-0.05, 0) is 338 Å². The van der Waals surface area contributed by atoms with Gasteiger partial charge < -0.3 is 79.2 Å². The Balaban J connectivity index is 0.000000525. The molecular formula is C119H240F10N14O. The molecule has 0 radical (unpaired) electrons. The average molecular weight is 2070 g/mol. The Bertz CT molecular complexity index is 3120. The minimum Gasteiger partial charge on any atom is -0.375 e. The molecule has 15 fully saturated rings. The summed E-state index contributed by atoms with van der Waals surface area (Å²) in [6.07, 6.45) is 8.64. The van der Waals surface area contributed by atoms with Gasteiger partial charge in [-0.15, -0.1) is 0 Å². The zero-order chi connectivity index (χ0) is 111. The maximum absolute atomic E-state index is 14.0. The monoisotopic (exact) mass is 2070 g/mol. The number of halogens is 10. The maximum Gasteiger partial charge on any atom is 0.396 e. The molecule has 25 heteroatoms. The van der Waals surface area contributed by atoms with E-state index in [1.54, 1.807) is 20.8 Å². The molecule has 0 aromatic rings. The highest BCUT2D eigenvalue weighted by Gasteiger charge is 2.59. The minimum absolute atomic E-state index is 0.0775. The molecule has 14 heterocycles. The first-order valence-electron chi connectivity index (χ1n) is 58.0. The van der Waals surface area contributed by atoms with Gasteiger partial charge in [0.1, 0.15) is 29.3 Å². The smallest absolute Gasteiger partial charge is 0.375 e. The van der Waals surface area contributed by atoms with E-state index in [9.17, 15) is 43.9 Å². The summed E-state index contributed by atoms with van der Waals surface area (Å²) in [6.45, 7) is 115. The molecule has 15 unspecified atom stereocenters. The van der Waals surface area contributed by atoms with Crippen LogP contribution in [-0.2, 0) is 4.74 Å². The van der Waals surface area contributed by atoms with Crippen LogP contribution in [0.1, 0.15) is 367 Å². The molecule has 14 N–H and O–H groups in total. The first-order valence-corrected chi connectivity index (χ1v) is 58.0. The molecule has 144 heavy (non-hydrogen) atoms. The Hall–Kier alpha value is -1.30. The van der Waals surface area contributed by atoms with Crippen molar-refractivity contribution >= 4 is 0 Å². The Labute approximate surface area is 882 Å². The molecule has 862 valence electrons. The van der Waals surface area contributed by atoms with Crippen LogP contribution >= 0.6 is 0 Å². The van der Waals surface area contributed by atoms with Crippen molar-refractivity contribution in [1.82, 2.24) is 74.4 Å². The van der Waals surface area contributed by atoms with Crippen molar-refractivity contribution in [1.29, 1.82) is 0 Å². The summed E-state index contributed by atoms with van der Waals surface area (Å²) in [7, 11) is 0. The SMILES string of the molecule is CC(C)(C)C1(C)CCNCC1.CC(C)(C)C1(C)CCNCC1.CC(C)(C)C1(F)CCNCC1.CC(C)(C)C1C2CNCC21.CC(C)(C)C1CCNCC1.CC(C)(C)C1CCNCC1(F)F.CC(C)(C)C1CNCCO1.CC(C)C1(C(F)(F)F)CCNC1.CC(C)C1(C)CCNC1.CC(C)C1(F)CCNC1.CC(C)C1CCNC1.CC(C)C1CNCC1(C)F.CC(C)C1CNCC1F.CC1CNCC(F)C1C(C)(C)C. The lowest BCUT2D eigenvalue weighted by atomic mass is 9.63. The summed E-state index contributed by atoms with van der Waals surface area (Å²) < 4.78 is 137. The van der Waals surface area contributed by atoms with Gasteiger partial charge >= 0.3 is 6.18 Å². The summed E-state index contributed by atoms with van der Waals surface area (Å²) in [6, 6.07) is 0. The van der Waals surface area contributed by atoms with Crippen LogP contribution in [0, 0.1) is 160 Å². The molecule has 14 saturated heterocycles. The number of ether oxygens (including phenoxy) is 1. The van der Waals surface area contributed by atoms with E-state index in [2.05, 4.69) is 282 Å². The second-order valence-electron chi connectivity index (χ2n) is 57.9. The molecule has 0 spiro atoms. The van der Waals surface area contributed by atoms with Crippen LogP contribution < -0.4 is 74.4 Å². The zero-order valence-corrected chi connectivity index (χ0v) is 101. The van der Waals surface area contributed by atoms with Crippen molar-refractivity contribution in [2.24, 2.45) is 160 Å². The second kappa shape index (κ2) is 60.9. The van der Waals surface area contributed by atoms with Crippen molar-refractivity contribution in [3.8, 4) is 0 Å². The molecule has 0 aromatic heterocycles. The lowest BCUT2D eigenvalue weighted by molar-refractivity contribution is -0.231. The van der Waals surface area contributed by atoms with Gasteiger partial charge in [0.25, 0.3) is 5.92 Å². The quantitative estimate of drug-likeness (QED) is 0.113. The molecule has 1 aliphatic carbocycles. The number of morpholine rings is 1. The van der Waals surface area contributed by atoms with Crippen molar-refractivity contribution < 1.29 is 48.6 Å². The van der Waals surface area contributed by atoms with Crippen LogP contribution in [0.25, 0.3) is 0 Å². The zero-order valence-electron chi connectivity index (χ0n) is 101. The molecule has 0 amide bonds. The number of rotatable bonds is 6. The maximum atomic E-state index is 14.0. The standard InChI is InChI=1S/C10H20FN.2C10H21N.C9H17F2N.C9H18FN.C9H17N.C9H19N.C8H14F3N.C8H16FN.C8H17NO.C8H17N.2C7H14FN.C7H15N/c1-7-5-12-6-8(11)9(7)10(2,3)4;2*1-9(2,3)10(4)5-7-11-8-6-10;1-8(2,3)7-4-5-12-6-9(7,10)11;1-8(2,3)9(10)4-6-11-7-5-9;1-9(2,3)8-6-4-10-5-7(6)8;1-9(2,3)8-4-6-10-7-5-8;1-6(2)7(8(9,10)11)3-4-12-5-7;1-6(2)7-4-10-5-8(7,3)9;1-8(2,3)7-6-9-4-5-10-7;1-7(2)8(3)4-5-9-6-8;1-5(2)6-3-9-4-7(6)8;1-6(2)7(8)3-4-9-5-7;1-6(2)7-3-4-8-5-7/h7-9,12H,5-6H2,1-4H3;2*11H,5-8H2,1-4H3;7,12H,4-6H2,1-3H3;11H,4-7H2,1-3H3;6-8,10H,4-5H2,1-3H3;8,10H,4-7H2,1-3H3;6,12H,3-5H2,1-2H3;6-7,10H,4-5H2,1-3H3;7,9H,4-6H2,1-3H3;7,9H,4-6H2,1-3H3;5-7,9H,3-4H2,1-2H3;6,9H,3-5H2,1-2H3;6-8H,3-5H2,1-2H3. The fraction of sp³-hybridized carbons (Fsp3) is 1.00. The summed E-state index contributed by atoms with van der Waals surface area (Å²) in [5.74, 6) is 5.53. The summed E-state index contributed by atoms with van der Waals surface area (Å²) in [4.78, 5) is 0. The van der Waals surface area contributed by atoms with E-state index in [1.165, 1.54) is 130 Å². The van der Waals surface area contributed by atoms with Crippen LogP contribution in [-0.4, -0.2) is 237 Å². The Morgan fingerprint density at radius 3 is 0.986 bits per heavy atom. The third-order valence-electron chi connectivity index (χ3n) is 37.0. The molecule has 15 aliphatic rings. The number of nitrogens with one attached hydrogen (secondary N) is 14. The predicted molar refractivity (Wildman–Crippen MR) is 600 cm³/mol. The molecular weight excluding hydrogens is 1830 g/mol. The van der Waals surface area contributed by atoms with E-state index < -0.39 is 52.8 Å². The molecule has 14 aliphatic heterocycles. The van der Waals surface area contributed by atoms with Gasteiger partial charge in [0, 0.05) is 83.2 Å². The van der Waals surface area contributed by atoms with E-state index in [1.807, 2.05) is 55.4 Å². The number of hydrogen-bond acceptors (Lipinski definition) is 15. The minimum atomic E-state index is -4.06. The summed E-state index contributed by atoms with van der Waals surface area (Å²) in [5.41, 5.74) is -0.700. The van der Waals surface area contributed by atoms with E-state index in [4.69, 9.17) is 4.74 Å². The van der Waals surface area contributed by atoms with Crippen LogP contribution in [0.2, 0.25) is 0 Å².